The molecule has 2 spiro atoms. The summed E-state index contributed by atoms with van der Waals surface area (Å²) in [4.78, 5) is 5.24. The first kappa shape index (κ1) is 32.1. The van der Waals surface area contributed by atoms with Crippen molar-refractivity contribution >= 4 is 57.2 Å². The summed E-state index contributed by atoms with van der Waals surface area (Å²) in [6.07, 6.45) is 10.9. The highest BCUT2D eigenvalue weighted by atomic mass is 15.2. The van der Waals surface area contributed by atoms with Crippen LogP contribution in [-0.4, -0.2) is 6.71 Å². The number of nitrogens with zero attached hydrogens (tertiary/aromatic N) is 2. The van der Waals surface area contributed by atoms with Crippen LogP contribution < -0.4 is 26.2 Å². The zero-order chi connectivity index (χ0) is 38.2. The van der Waals surface area contributed by atoms with Crippen molar-refractivity contribution in [2.75, 3.05) is 9.80 Å². The molecule has 4 bridgehead atoms. The number of benzene rings is 7. The number of para-hydroxylation sites is 2. The summed E-state index contributed by atoms with van der Waals surface area (Å²) >= 11 is 0. The normalized spacial score (nSPS) is 27.5. The van der Waals surface area contributed by atoms with Gasteiger partial charge in [-0.05, 0) is 172 Å². The minimum Gasteiger partial charge on any atom is -0.311 e. The third-order valence-corrected chi connectivity index (χ3v) is 17.4. The third kappa shape index (κ3) is 3.80. The second-order valence-corrected chi connectivity index (χ2v) is 19.6. The lowest BCUT2D eigenvalue weighted by atomic mass is 9.33. The fourth-order valence-electron chi connectivity index (χ4n) is 15.4. The van der Waals surface area contributed by atoms with E-state index in [9.17, 15) is 0 Å². The van der Waals surface area contributed by atoms with Crippen LogP contribution in [0, 0.1) is 23.7 Å². The van der Waals surface area contributed by atoms with E-state index in [-0.39, 0.29) is 17.5 Å². The Morgan fingerprint density at radius 1 is 0.407 bits per heavy atom. The molecule has 0 amide bonds. The van der Waals surface area contributed by atoms with E-state index in [1.807, 2.05) is 0 Å². The molecule has 6 aliphatic carbocycles. The number of anilines is 6. The van der Waals surface area contributed by atoms with Crippen LogP contribution in [0.1, 0.15) is 73.6 Å². The van der Waals surface area contributed by atoms with Gasteiger partial charge in [0.25, 0.3) is 6.71 Å². The van der Waals surface area contributed by atoms with Crippen molar-refractivity contribution < 1.29 is 0 Å². The van der Waals surface area contributed by atoms with Crippen molar-refractivity contribution in [2.45, 2.75) is 62.2 Å². The van der Waals surface area contributed by atoms with Crippen LogP contribution in [0.2, 0.25) is 0 Å². The third-order valence-electron chi connectivity index (χ3n) is 17.4. The molecule has 4 unspecified atom stereocenters. The van der Waals surface area contributed by atoms with Crippen LogP contribution in [-0.2, 0) is 10.8 Å². The van der Waals surface area contributed by atoms with Gasteiger partial charge in [-0.15, -0.1) is 0 Å². The highest BCUT2D eigenvalue weighted by molar-refractivity contribution is 7.00. The standard InChI is InChI=1S/C56H45BN2/c1-2-11-38(12-3-1)58-51-19-10-20-52-54(51)57(49-30-43-41-14-5-7-16-45(41)56(47(43)31-53(49)58)33-35-22-24-37(56)28-35)48-17-8-9-18-50(48)59(52)39-25-26-46-42(29-39)40-13-4-6-15-44(40)55(46)32-34-21-23-36(55)27-34/h1-20,25-26,29-31,34-37H,21-24,27-28,32-33H2/t34-,35?,36?,37?,55-,56?/m1/s1. The first-order valence-corrected chi connectivity index (χ1v) is 22.6. The minimum absolute atomic E-state index is 0.116. The first-order chi connectivity index (χ1) is 29.2. The SMILES string of the molecule is c1ccc(N2c3cc4c(cc3B3c5ccccc5N(c5ccc6c(c5)-c5ccccc5[C@]65C[C@@H]6CCC5C6)c5cccc2c53)-c2ccccc2C42CC3CCC2C3)cc1. The van der Waals surface area contributed by atoms with Crippen LogP contribution in [0.3, 0.4) is 0 Å². The lowest BCUT2D eigenvalue weighted by Gasteiger charge is -2.45. The summed E-state index contributed by atoms with van der Waals surface area (Å²) in [5.41, 5.74) is 24.5. The Labute approximate surface area is 347 Å². The second kappa shape index (κ2) is 11.1. The molecule has 0 N–H and O–H groups in total. The molecule has 4 saturated carbocycles. The molecule has 15 rings (SSSR count). The van der Waals surface area contributed by atoms with Crippen molar-refractivity contribution in [2.24, 2.45) is 23.7 Å². The fourth-order valence-corrected chi connectivity index (χ4v) is 15.4. The van der Waals surface area contributed by atoms with Gasteiger partial charge in [0.1, 0.15) is 0 Å². The van der Waals surface area contributed by atoms with Crippen LogP contribution in [0.5, 0.6) is 0 Å². The zero-order valence-corrected chi connectivity index (χ0v) is 33.4. The van der Waals surface area contributed by atoms with E-state index in [1.54, 1.807) is 22.3 Å². The largest absolute Gasteiger partial charge is 0.311 e. The second-order valence-electron chi connectivity index (χ2n) is 19.6. The van der Waals surface area contributed by atoms with Gasteiger partial charge in [0.2, 0.25) is 0 Å². The topological polar surface area (TPSA) is 6.48 Å². The summed E-state index contributed by atoms with van der Waals surface area (Å²) in [6, 6.07) is 59.6. The quantitative estimate of drug-likeness (QED) is 0.162. The number of rotatable bonds is 2. The zero-order valence-electron chi connectivity index (χ0n) is 33.4. The maximum atomic E-state index is 2.69. The van der Waals surface area contributed by atoms with Gasteiger partial charge in [-0.1, -0.05) is 116 Å². The summed E-state index contributed by atoms with van der Waals surface area (Å²) in [7, 11) is 0. The molecule has 2 heterocycles. The maximum absolute atomic E-state index is 2.69. The molecular formula is C56H45BN2. The smallest absolute Gasteiger partial charge is 0.252 e. The Hall–Kier alpha value is -5.80. The predicted octanol–water partition coefficient (Wildman–Crippen LogP) is 11.9. The van der Waals surface area contributed by atoms with E-state index in [0.29, 0.717) is 0 Å². The molecule has 59 heavy (non-hydrogen) atoms. The van der Waals surface area contributed by atoms with E-state index in [2.05, 4.69) is 161 Å². The summed E-state index contributed by atoms with van der Waals surface area (Å²) in [6.45, 7) is 0.116. The monoisotopic (exact) mass is 756 g/mol. The molecule has 0 radical (unpaired) electrons. The van der Waals surface area contributed by atoms with E-state index in [4.69, 9.17) is 0 Å². The molecule has 2 nitrogen and oxygen atoms in total. The molecular weight excluding hydrogens is 711 g/mol. The molecule has 4 fully saturated rings. The minimum atomic E-state index is 0.116. The lowest BCUT2D eigenvalue weighted by Crippen LogP contribution is -2.61. The highest BCUT2D eigenvalue weighted by Crippen LogP contribution is 2.67. The van der Waals surface area contributed by atoms with Gasteiger partial charge >= 0.3 is 0 Å². The lowest BCUT2D eigenvalue weighted by molar-refractivity contribution is 0.327. The summed E-state index contributed by atoms with van der Waals surface area (Å²) in [5.74, 6) is 3.19. The molecule has 282 valence electrons. The van der Waals surface area contributed by atoms with Crippen molar-refractivity contribution in [3.05, 3.63) is 174 Å². The van der Waals surface area contributed by atoms with Gasteiger partial charge in [0.15, 0.2) is 0 Å². The van der Waals surface area contributed by atoms with Crippen LogP contribution in [0.15, 0.2) is 152 Å². The Kier molecular flexibility index (Phi) is 6.02. The molecule has 0 saturated heterocycles. The molecule has 8 aliphatic rings. The molecule has 7 aromatic rings. The van der Waals surface area contributed by atoms with E-state index >= 15 is 0 Å². The molecule has 7 aromatic carbocycles. The van der Waals surface area contributed by atoms with E-state index in [1.165, 1.54) is 124 Å². The maximum Gasteiger partial charge on any atom is 0.252 e. The fraction of sp³-hybridized carbons (Fsp3) is 0.250. The summed E-state index contributed by atoms with van der Waals surface area (Å²) < 4.78 is 0. The summed E-state index contributed by atoms with van der Waals surface area (Å²) in [5, 5.41) is 0. The average Bonchev–Trinajstić information content (AvgIpc) is 4.17. The Morgan fingerprint density at radius 2 is 0.983 bits per heavy atom. The van der Waals surface area contributed by atoms with Gasteiger partial charge in [0, 0.05) is 45.0 Å². The van der Waals surface area contributed by atoms with Crippen LogP contribution in [0.4, 0.5) is 34.1 Å². The molecule has 6 atom stereocenters. The van der Waals surface area contributed by atoms with Crippen LogP contribution in [0.25, 0.3) is 22.3 Å². The average molecular weight is 757 g/mol. The number of hydrogen-bond acceptors (Lipinski definition) is 2. The van der Waals surface area contributed by atoms with Gasteiger partial charge in [-0.2, -0.15) is 0 Å². The Balaban J connectivity index is 0.973. The van der Waals surface area contributed by atoms with Crippen molar-refractivity contribution in [3.63, 3.8) is 0 Å². The van der Waals surface area contributed by atoms with Crippen molar-refractivity contribution in [1.82, 2.24) is 0 Å². The Morgan fingerprint density at radius 3 is 1.66 bits per heavy atom. The predicted molar refractivity (Wildman–Crippen MR) is 244 cm³/mol. The molecule has 2 aliphatic heterocycles. The van der Waals surface area contributed by atoms with Gasteiger partial charge in [-0.3, -0.25) is 0 Å². The van der Waals surface area contributed by atoms with Gasteiger partial charge < -0.3 is 9.80 Å². The van der Waals surface area contributed by atoms with E-state index in [0.717, 1.165) is 23.7 Å². The number of hydrogen-bond donors (Lipinski definition) is 0. The van der Waals surface area contributed by atoms with Crippen molar-refractivity contribution in [3.8, 4) is 22.3 Å². The Bertz CT molecular complexity index is 2990. The highest BCUT2D eigenvalue weighted by Gasteiger charge is 2.59. The van der Waals surface area contributed by atoms with Gasteiger partial charge in [-0.25, -0.2) is 0 Å². The number of fused-ring (bicyclic) bond motifs is 20. The van der Waals surface area contributed by atoms with E-state index < -0.39 is 0 Å². The van der Waals surface area contributed by atoms with Crippen molar-refractivity contribution in [1.29, 1.82) is 0 Å². The molecule has 0 aromatic heterocycles. The van der Waals surface area contributed by atoms with Gasteiger partial charge in [0.05, 0.1) is 0 Å². The first-order valence-electron chi connectivity index (χ1n) is 22.6. The van der Waals surface area contributed by atoms with Crippen LogP contribution >= 0.6 is 0 Å². The molecule has 3 heteroatoms.